The first-order valence-corrected chi connectivity index (χ1v) is 7.47. The predicted octanol–water partition coefficient (Wildman–Crippen LogP) is 2.63. The summed E-state index contributed by atoms with van der Waals surface area (Å²) >= 11 is 1.60. The van der Waals surface area contributed by atoms with Gasteiger partial charge in [-0.25, -0.2) is 9.18 Å². The number of anilines is 1. The van der Waals surface area contributed by atoms with Crippen LogP contribution in [0.4, 0.5) is 14.9 Å². The van der Waals surface area contributed by atoms with Gasteiger partial charge >= 0.3 is 6.03 Å². The van der Waals surface area contributed by atoms with Gasteiger partial charge in [0.15, 0.2) is 0 Å². The summed E-state index contributed by atoms with van der Waals surface area (Å²) in [6, 6.07) is 8.91. The molecular formula is C15H16FN3O2S. The summed E-state index contributed by atoms with van der Waals surface area (Å²) in [6.45, 7) is 2.25. The van der Waals surface area contributed by atoms with Crippen molar-refractivity contribution in [3.8, 4) is 0 Å². The fourth-order valence-electron chi connectivity index (χ4n) is 1.71. The zero-order valence-electron chi connectivity index (χ0n) is 12.0. The lowest BCUT2D eigenvalue weighted by Crippen LogP contribution is -2.39. The molecule has 0 aliphatic rings. The second-order valence-corrected chi connectivity index (χ2v) is 5.98. The highest BCUT2D eigenvalue weighted by Crippen LogP contribution is 2.14. The zero-order chi connectivity index (χ0) is 15.9. The Balaban J connectivity index is 1.69. The maximum Gasteiger partial charge on any atom is 0.315 e. The number of benzene rings is 1. The lowest BCUT2D eigenvalue weighted by Gasteiger charge is -2.08. The Morgan fingerprint density at radius 3 is 2.45 bits per heavy atom. The normalized spacial score (nSPS) is 10.1. The molecule has 0 saturated heterocycles. The van der Waals surface area contributed by atoms with Crippen LogP contribution in [0.25, 0.3) is 0 Å². The molecule has 0 saturated carbocycles. The van der Waals surface area contributed by atoms with Crippen LogP contribution in [-0.4, -0.2) is 18.5 Å². The average Bonchev–Trinajstić information content (AvgIpc) is 2.91. The fraction of sp³-hybridized carbons (Fsp3) is 0.200. The van der Waals surface area contributed by atoms with Crippen molar-refractivity contribution in [1.82, 2.24) is 10.6 Å². The van der Waals surface area contributed by atoms with Gasteiger partial charge in [0.05, 0.1) is 13.1 Å². The molecule has 5 nitrogen and oxygen atoms in total. The Hall–Kier alpha value is -2.41. The molecule has 22 heavy (non-hydrogen) atoms. The minimum absolute atomic E-state index is 0.160. The van der Waals surface area contributed by atoms with Gasteiger partial charge in [-0.1, -0.05) is 0 Å². The summed E-state index contributed by atoms with van der Waals surface area (Å²) in [5, 5.41) is 7.68. The van der Waals surface area contributed by atoms with E-state index in [1.54, 1.807) is 11.3 Å². The van der Waals surface area contributed by atoms with Crippen molar-refractivity contribution in [2.45, 2.75) is 13.5 Å². The molecule has 0 atom stereocenters. The molecule has 0 unspecified atom stereocenters. The number of carbonyl (C=O) groups excluding carboxylic acids is 2. The maximum absolute atomic E-state index is 12.7. The molecule has 3 amide bonds. The number of aryl methyl sites for hydroxylation is 1. The molecule has 0 spiro atoms. The predicted molar refractivity (Wildman–Crippen MR) is 84.3 cm³/mol. The minimum Gasteiger partial charge on any atom is -0.333 e. The van der Waals surface area contributed by atoms with Gasteiger partial charge < -0.3 is 16.0 Å². The Labute approximate surface area is 131 Å². The van der Waals surface area contributed by atoms with Crippen LogP contribution < -0.4 is 16.0 Å². The number of carbonyl (C=O) groups is 2. The van der Waals surface area contributed by atoms with Crippen LogP contribution in [-0.2, 0) is 11.3 Å². The van der Waals surface area contributed by atoms with Crippen molar-refractivity contribution in [2.75, 3.05) is 11.9 Å². The van der Waals surface area contributed by atoms with E-state index >= 15 is 0 Å². The van der Waals surface area contributed by atoms with Gasteiger partial charge in [0.1, 0.15) is 5.82 Å². The van der Waals surface area contributed by atoms with Crippen molar-refractivity contribution in [3.05, 3.63) is 52.0 Å². The summed E-state index contributed by atoms with van der Waals surface area (Å²) in [7, 11) is 0. The number of halogens is 1. The monoisotopic (exact) mass is 321 g/mol. The van der Waals surface area contributed by atoms with E-state index in [9.17, 15) is 14.0 Å². The van der Waals surface area contributed by atoms with E-state index < -0.39 is 6.03 Å². The third-order valence-corrected chi connectivity index (χ3v) is 3.76. The molecule has 0 radical (unpaired) electrons. The highest BCUT2D eigenvalue weighted by molar-refractivity contribution is 7.11. The Kier molecular flexibility index (Phi) is 5.48. The number of hydrogen-bond donors (Lipinski definition) is 3. The molecule has 0 fully saturated rings. The smallest absolute Gasteiger partial charge is 0.315 e. The Morgan fingerprint density at radius 2 is 1.82 bits per heavy atom. The molecule has 3 N–H and O–H groups in total. The SMILES string of the molecule is Cc1ccc(CNC(=O)NCC(=O)Nc2ccc(F)cc2)s1. The quantitative estimate of drug-likeness (QED) is 0.792. The second-order valence-electron chi connectivity index (χ2n) is 4.60. The van der Waals surface area contributed by atoms with E-state index in [0.29, 0.717) is 12.2 Å². The third-order valence-electron chi connectivity index (χ3n) is 2.76. The van der Waals surface area contributed by atoms with E-state index in [2.05, 4.69) is 16.0 Å². The third kappa shape index (κ3) is 5.17. The van der Waals surface area contributed by atoms with Crippen molar-refractivity contribution in [2.24, 2.45) is 0 Å². The molecule has 2 aromatic rings. The first-order valence-electron chi connectivity index (χ1n) is 6.65. The molecule has 116 valence electrons. The van der Waals surface area contributed by atoms with Crippen LogP contribution in [0.15, 0.2) is 36.4 Å². The summed E-state index contributed by atoms with van der Waals surface area (Å²) in [5.74, 6) is -0.756. The highest BCUT2D eigenvalue weighted by atomic mass is 32.1. The number of nitrogens with one attached hydrogen (secondary N) is 3. The van der Waals surface area contributed by atoms with Gasteiger partial charge in [-0.2, -0.15) is 0 Å². The van der Waals surface area contributed by atoms with Crippen LogP contribution in [0.2, 0.25) is 0 Å². The van der Waals surface area contributed by atoms with Crippen molar-refractivity contribution in [1.29, 1.82) is 0 Å². The Morgan fingerprint density at radius 1 is 1.09 bits per heavy atom. The molecule has 0 bridgehead atoms. The van der Waals surface area contributed by atoms with E-state index in [-0.39, 0.29) is 18.3 Å². The summed E-state index contributed by atoms with van der Waals surface area (Å²) in [5.41, 5.74) is 0.475. The zero-order valence-corrected chi connectivity index (χ0v) is 12.8. The van der Waals surface area contributed by atoms with Crippen LogP contribution >= 0.6 is 11.3 Å². The van der Waals surface area contributed by atoms with Gasteiger partial charge in [0.2, 0.25) is 5.91 Å². The summed E-state index contributed by atoms with van der Waals surface area (Å²) in [4.78, 5) is 25.4. The average molecular weight is 321 g/mol. The van der Waals surface area contributed by atoms with Crippen LogP contribution in [0.5, 0.6) is 0 Å². The first-order chi connectivity index (χ1) is 10.5. The number of thiophene rings is 1. The number of amides is 3. The molecule has 1 aromatic heterocycles. The number of urea groups is 1. The van der Waals surface area contributed by atoms with Gasteiger partial charge in [-0.05, 0) is 43.3 Å². The van der Waals surface area contributed by atoms with Crippen molar-refractivity contribution in [3.63, 3.8) is 0 Å². The molecular weight excluding hydrogens is 305 g/mol. The molecule has 1 aromatic carbocycles. The summed E-state index contributed by atoms with van der Waals surface area (Å²) < 4.78 is 12.7. The topological polar surface area (TPSA) is 70.2 Å². The first kappa shape index (κ1) is 16.0. The van der Waals surface area contributed by atoms with E-state index in [0.717, 1.165) is 4.88 Å². The Bertz CT molecular complexity index is 655. The van der Waals surface area contributed by atoms with Gasteiger partial charge in [-0.15, -0.1) is 11.3 Å². The van der Waals surface area contributed by atoms with Gasteiger partial charge in [0.25, 0.3) is 0 Å². The molecule has 1 heterocycles. The summed E-state index contributed by atoms with van der Waals surface area (Å²) in [6.07, 6.45) is 0. The van der Waals surface area contributed by atoms with E-state index in [1.165, 1.54) is 29.1 Å². The lowest BCUT2D eigenvalue weighted by molar-refractivity contribution is -0.115. The van der Waals surface area contributed by atoms with Crippen LogP contribution in [0.1, 0.15) is 9.75 Å². The van der Waals surface area contributed by atoms with Crippen molar-refractivity contribution >= 4 is 29.0 Å². The molecule has 2 rings (SSSR count). The standard InChI is InChI=1S/C15H16FN3O2S/c1-10-2-7-13(22-10)8-17-15(21)18-9-14(20)19-12-5-3-11(16)4-6-12/h2-7H,8-9H2,1H3,(H,19,20)(H2,17,18,21). The molecule has 0 aliphatic carbocycles. The fourth-order valence-corrected chi connectivity index (χ4v) is 2.54. The molecule has 0 aliphatic heterocycles. The number of hydrogen-bond acceptors (Lipinski definition) is 3. The largest absolute Gasteiger partial charge is 0.333 e. The van der Waals surface area contributed by atoms with E-state index in [1.807, 2.05) is 19.1 Å². The van der Waals surface area contributed by atoms with Crippen LogP contribution in [0.3, 0.4) is 0 Å². The lowest BCUT2D eigenvalue weighted by atomic mass is 10.3. The van der Waals surface area contributed by atoms with Crippen molar-refractivity contribution < 1.29 is 14.0 Å². The number of rotatable bonds is 5. The molecule has 7 heteroatoms. The highest BCUT2D eigenvalue weighted by Gasteiger charge is 2.06. The second kappa shape index (κ2) is 7.56. The van der Waals surface area contributed by atoms with Crippen LogP contribution in [0, 0.1) is 12.7 Å². The maximum atomic E-state index is 12.7. The van der Waals surface area contributed by atoms with E-state index in [4.69, 9.17) is 0 Å². The van der Waals surface area contributed by atoms with Gasteiger partial charge in [-0.3, -0.25) is 4.79 Å². The van der Waals surface area contributed by atoms with Gasteiger partial charge in [0, 0.05) is 15.4 Å². The minimum atomic E-state index is -0.416.